The topological polar surface area (TPSA) is 99.4 Å². The van der Waals surface area contributed by atoms with Gasteiger partial charge in [-0.05, 0) is 31.4 Å². The number of aromatic nitrogens is 2. The third-order valence-corrected chi connectivity index (χ3v) is 3.98. The largest absolute Gasteiger partial charge is 0.488 e. The summed E-state index contributed by atoms with van der Waals surface area (Å²) in [4.78, 5) is 19.7. The van der Waals surface area contributed by atoms with Crippen molar-refractivity contribution in [2.24, 2.45) is 11.7 Å². The molecule has 1 atom stereocenters. The van der Waals surface area contributed by atoms with E-state index in [1.54, 1.807) is 24.4 Å². The summed E-state index contributed by atoms with van der Waals surface area (Å²) in [6.45, 7) is 6.52. The molecule has 3 N–H and O–H groups in total. The molecule has 146 valence electrons. The van der Waals surface area contributed by atoms with E-state index < -0.39 is 11.6 Å². The molecule has 0 aliphatic heterocycles. The summed E-state index contributed by atoms with van der Waals surface area (Å²) in [5, 5.41) is 2.78. The van der Waals surface area contributed by atoms with Gasteiger partial charge in [0.2, 0.25) is 5.88 Å². The van der Waals surface area contributed by atoms with E-state index in [1.165, 1.54) is 13.2 Å². The minimum Gasteiger partial charge on any atom is -0.488 e. The quantitative estimate of drug-likeness (QED) is 0.745. The molecule has 2 rings (SSSR count). The molecule has 27 heavy (non-hydrogen) atoms. The molecule has 0 aromatic carbocycles. The predicted molar refractivity (Wildman–Crippen MR) is 105 cm³/mol. The Balaban J connectivity index is 2.12. The standard InChI is InChI=1S/C19H25ClN4O3/c1-12(2)9-19(3,21)11-26-16-10-24-15(8-14(16)20)13-5-6-23-17(7-13)27-18(25)22-4/h5-8,10,12H,9,11,21H2,1-4H3,(H,22,25)/t19-/m0/s1. The molecular weight excluding hydrogens is 368 g/mol. The first-order chi connectivity index (χ1) is 12.7. The second-order valence-corrected chi connectivity index (χ2v) is 7.47. The summed E-state index contributed by atoms with van der Waals surface area (Å²) >= 11 is 6.34. The fourth-order valence-electron chi connectivity index (χ4n) is 2.69. The number of pyridine rings is 2. The number of nitrogens with one attached hydrogen (secondary N) is 1. The molecule has 0 spiro atoms. The summed E-state index contributed by atoms with van der Waals surface area (Å²) in [6.07, 6.45) is 3.32. The Kier molecular flexibility index (Phi) is 6.98. The first kappa shape index (κ1) is 20.9. The number of nitrogens with zero attached hydrogens (tertiary/aromatic N) is 2. The number of nitrogens with two attached hydrogens (primary N) is 1. The zero-order valence-corrected chi connectivity index (χ0v) is 16.7. The van der Waals surface area contributed by atoms with Gasteiger partial charge in [0.1, 0.15) is 6.61 Å². The Hall–Kier alpha value is -2.38. The van der Waals surface area contributed by atoms with Crippen LogP contribution < -0.4 is 20.5 Å². The van der Waals surface area contributed by atoms with E-state index >= 15 is 0 Å². The molecule has 2 heterocycles. The fraction of sp³-hybridized carbons (Fsp3) is 0.421. The van der Waals surface area contributed by atoms with Gasteiger partial charge < -0.3 is 20.5 Å². The van der Waals surface area contributed by atoms with Crippen molar-refractivity contribution in [2.75, 3.05) is 13.7 Å². The van der Waals surface area contributed by atoms with Crippen molar-refractivity contribution >= 4 is 17.7 Å². The average molecular weight is 393 g/mol. The van der Waals surface area contributed by atoms with Crippen molar-refractivity contribution in [3.05, 3.63) is 35.6 Å². The van der Waals surface area contributed by atoms with Gasteiger partial charge in [-0.15, -0.1) is 0 Å². The van der Waals surface area contributed by atoms with Crippen LogP contribution in [0.15, 0.2) is 30.6 Å². The first-order valence-corrected chi connectivity index (χ1v) is 9.01. The lowest BCUT2D eigenvalue weighted by molar-refractivity contribution is 0.201. The maximum atomic E-state index is 11.3. The zero-order chi connectivity index (χ0) is 20.0. The second-order valence-electron chi connectivity index (χ2n) is 7.06. The van der Waals surface area contributed by atoms with Crippen molar-refractivity contribution in [1.82, 2.24) is 15.3 Å². The Morgan fingerprint density at radius 3 is 2.74 bits per heavy atom. The number of halogens is 1. The predicted octanol–water partition coefficient (Wildman–Crippen LogP) is 3.66. The minimum atomic E-state index is -0.597. The molecule has 2 aromatic rings. The van der Waals surface area contributed by atoms with Crippen LogP contribution in [0.3, 0.4) is 0 Å². The Bertz CT molecular complexity index is 796. The maximum absolute atomic E-state index is 11.3. The number of rotatable bonds is 7. The molecule has 0 radical (unpaired) electrons. The van der Waals surface area contributed by atoms with Crippen molar-refractivity contribution in [3.63, 3.8) is 0 Å². The number of carbonyl (C=O) groups is 1. The van der Waals surface area contributed by atoms with Crippen molar-refractivity contribution in [2.45, 2.75) is 32.7 Å². The highest BCUT2D eigenvalue weighted by Gasteiger charge is 2.21. The monoisotopic (exact) mass is 392 g/mol. The van der Waals surface area contributed by atoms with E-state index in [-0.39, 0.29) is 5.88 Å². The number of amides is 1. The lowest BCUT2D eigenvalue weighted by Gasteiger charge is -2.26. The van der Waals surface area contributed by atoms with Gasteiger partial charge in [-0.2, -0.15) is 0 Å². The first-order valence-electron chi connectivity index (χ1n) is 8.63. The number of hydrogen-bond donors (Lipinski definition) is 2. The summed E-state index contributed by atoms with van der Waals surface area (Å²) < 4.78 is 10.8. The van der Waals surface area contributed by atoms with Crippen LogP contribution in [-0.2, 0) is 0 Å². The summed E-state index contributed by atoms with van der Waals surface area (Å²) in [6, 6.07) is 5.04. The molecule has 2 aromatic heterocycles. The van der Waals surface area contributed by atoms with Crippen molar-refractivity contribution in [3.8, 4) is 22.9 Å². The summed E-state index contributed by atoms with van der Waals surface area (Å²) in [5.41, 5.74) is 7.13. The van der Waals surface area contributed by atoms with Gasteiger partial charge in [-0.3, -0.25) is 4.98 Å². The maximum Gasteiger partial charge on any atom is 0.413 e. The molecular formula is C19H25ClN4O3. The highest BCUT2D eigenvalue weighted by Crippen LogP contribution is 2.30. The van der Waals surface area contributed by atoms with Crippen LogP contribution in [-0.4, -0.2) is 35.3 Å². The van der Waals surface area contributed by atoms with E-state index in [9.17, 15) is 4.79 Å². The van der Waals surface area contributed by atoms with Crippen molar-refractivity contribution < 1.29 is 14.3 Å². The van der Waals surface area contributed by atoms with E-state index in [0.717, 1.165) is 6.42 Å². The highest BCUT2D eigenvalue weighted by molar-refractivity contribution is 6.32. The summed E-state index contributed by atoms with van der Waals surface area (Å²) in [7, 11) is 1.47. The Labute approximate surface area is 164 Å². The molecule has 0 saturated carbocycles. The number of ether oxygens (including phenoxy) is 2. The summed E-state index contributed by atoms with van der Waals surface area (Å²) in [5.74, 6) is 1.10. The third kappa shape index (κ3) is 6.37. The van der Waals surface area contributed by atoms with Crippen LogP contribution in [0, 0.1) is 5.92 Å². The molecule has 1 amide bonds. The van der Waals surface area contributed by atoms with Gasteiger partial charge in [0.15, 0.2) is 5.75 Å². The highest BCUT2D eigenvalue weighted by atomic mass is 35.5. The van der Waals surface area contributed by atoms with Gasteiger partial charge in [-0.25, -0.2) is 9.78 Å². The normalized spacial score (nSPS) is 13.1. The van der Waals surface area contributed by atoms with Crippen LogP contribution in [0.25, 0.3) is 11.3 Å². The van der Waals surface area contributed by atoms with Gasteiger partial charge in [-0.1, -0.05) is 25.4 Å². The number of carbonyl (C=O) groups excluding carboxylic acids is 1. The molecule has 0 saturated heterocycles. The van der Waals surface area contributed by atoms with E-state index in [1.807, 2.05) is 6.92 Å². The lowest BCUT2D eigenvalue weighted by Crippen LogP contribution is -2.43. The zero-order valence-electron chi connectivity index (χ0n) is 16.0. The van der Waals surface area contributed by atoms with Crippen LogP contribution in [0.4, 0.5) is 4.79 Å². The minimum absolute atomic E-state index is 0.165. The SMILES string of the molecule is CNC(=O)Oc1cc(-c2cc(Cl)c(OC[C@@](C)(N)CC(C)C)cn2)ccn1. The van der Waals surface area contributed by atoms with Gasteiger partial charge in [0.25, 0.3) is 0 Å². The smallest absolute Gasteiger partial charge is 0.413 e. The molecule has 0 fully saturated rings. The lowest BCUT2D eigenvalue weighted by atomic mass is 9.93. The fourth-order valence-corrected chi connectivity index (χ4v) is 2.89. The third-order valence-electron chi connectivity index (χ3n) is 3.68. The Morgan fingerprint density at radius 2 is 2.11 bits per heavy atom. The van der Waals surface area contributed by atoms with Gasteiger partial charge >= 0.3 is 6.09 Å². The van der Waals surface area contributed by atoms with E-state index in [0.29, 0.717) is 34.6 Å². The van der Waals surface area contributed by atoms with E-state index in [2.05, 4.69) is 29.1 Å². The van der Waals surface area contributed by atoms with Gasteiger partial charge in [0, 0.05) is 30.4 Å². The van der Waals surface area contributed by atoms with E-state index in [4.69, 9.17) is 26.8 Å². The molecule has 0 aliphatic carbocycles. The number of hydrogen-bond acceptors (Lipinski definition) is 6. The molecule has 0 aliphatic rings. The van der Waals surface area contributed by atoms with Crippen LogP contribution >= 0.6 is 11.6 Å². The Morgan fingerprint density at radius 1 is 1.37 bits per heavy atom. The molecule has 7 nitrogen and oxygen atoms in total. The van der Waals surface area contributed by atoms with Crippen LogP contribution in [0.2, 0.25) is 5.02 Å². The van der Waals surface area contributed by atoms with Crippen LogP contribution in [0.1, 0.15) is 27.2 Å². The average Bonchev–Trinajstić information content (AvgIpc) is 2.59. The van der Waals surface area contributed by atoms with Gasteiger partial charge in [0.05, 0.1) is 16.9 Å². The van der Waals surface area contributed by atoms with Crippen LogP contribution in [0.5, 0.6) is 11.6 Å². The van der Waals surface area contributed by atoms with Crippen molar-refractivity contribution in [1.29, 1.82) is 0 Å². The molecule has 0 unspecified atom stereocenters. The second kappa shape index (κ2) is 9.01. The molecule has 8 heteroatoms. The molecule has 0 bridgehead atoms.